The molecule has 2 aliphatic rings. The normalized spacial score (nSPS) is 36.4. The van der Waals surface area contributed by atoms with Crippen LogP contribution in [-0.2, 0) is 0 Å². The maximum Gasteiger partial charge on any atom is 0.0554 e. The molecule has 0 bridgehead atoms. The van der Waals surface area contributed by atoms with Crippen LogP contribution < -0.4 is 0 Å². The van der Waals surface area contributed by atoms with Crippen molar-refractivity contribution < 1.29 is 5.11 Å². The van der Waals surface area contributed by atoms with Crippen LogP contribution in [0.25, 0.3) is 0 Å². The summed E-state index contributed by atoms with van der Waals surface area (Å²) < 4.78 is 0. The van der Waals surface area contributed by atoms with E-state index >= 15 is 0 Å². The zero-order valence-electron chi connectivity index (χ0n) is 10.8. The lowest BCUT2D eigenvalue weighted by Gasteiger charge is -2.23. The molecule has 1 N–H and O–H groups in total. The zero-order chi connectivity index (χ0) is 12.1. The van der Waals surface area contributed by atoms with Crippen molar-refractivity contribution in [3.05, 3.63) is 36.5 Å². The van der Waals surface area contributed by atoms with Gasteiger partial charge in [-0.1, -0.05) is 43.4 Å². The lowest BCUT2D eigenvalue weighted by atomic mass is 9.80. The number of hydrogen-bond acceptors (Lipinski definition) is 1. The fourth-order valence-electron chi connectivity index (χ4n) is 3.22. The first kappa shape index (κ1) is 12.6. The summed E-state index contributed by atoms with van der Waals surface area (Å²) in [7, 11) is 0. The summed E-state index contributed by atoms with van der Waals surface area (Å²) in [5.41, 5.74) is 0.188. The van der Waals surface area contributed by atoms with Crippen LogP contribution in [0, 0.1) is 11.3 Å². The van der Waals surface area contributed by atoms with Crippen LogP contribution >= 0.6 is 0 Å². The molecule has 0 heterocycles. The van der Waals surface area contributed by atoms with E-state index in [-0.39, 0.29) is 11.5 Å². The number of fused-ring (bicyclic) bond motifs is 1. The molecule has 2 aliphatic carbocycles. The Bertz CT molecular complexity index is 326. The van der Waals surface area contributed by atoms with Crippen LogP contribution in [-0.4, -0.2) is 11.2 Å². The third kappa shape index (κ3) is 2.90. The topological polar surface area (TPSA) is 20.2 Å². The van der Waals surface area contributed by atoms with Crippen molar-refractivity contribution in [1.29, 1.82) is 0 Å². The largest absolute Gasteiger partial charge is 0.393 e. The molecule has 94 valence electrons. The zero-order valence-corrected chi connectivity index (χ0v) is 10.8. The van der Waals surface area contributed by atoms with Gasteiger partial charge in [-0.3, -0.25) is 0 Å². The molecule has 0 aromatic carbocycles. The standard InChI is InChI=1S/C16H24O/c1-2-3-4-5-6-7-10-16-11-8-9-14(16)12-15(17)13-16/h3-4,7-8,10-11,14-15,17H,2,5-6,9,12-13H2,1H3/b4-3-,10-7+. The van der Waals surface area contributed by atoms with Gasteiger partial charge in [0.05, 0.1) is 6.10 Å². The Balaban J connectivity index is 1.86. The summed E-state index contributed by atoms with van der Waals surface area (Å²) >= 11 is 0. The smallest absolute Gasteiger partial charge is 0.0554 e. The minimum atomic E-state index is -0.0883. The maximum atomic E-state index is 9.79. The Kier molecular flexibility index (Phi) is 4.22. The SMILES string of the molecule is CC/C=C\CC/C=C/C12C=CCC1CC(O)C2. The molecule has 1 nitrogen and oxygen atoms in total. The predicted octanol–water partition coefficient (Wildman–Crippen LogP) is 4.01. The van der Waals surface area contributed by atoms with Crippen molar-refractivity contribution in [2.75, 3.05) is 0 Å². The average molecular weight is 232 g/mol. The summed E-state index contributed by atoms with van der Waals surface area (Å²) in [6.07, 6.45) is 20.1. The highest BCUT2D eigenvalue weighted by molar-refractivity contribution is 5.23. The van der Waals surface area contributed by atoms with Gasteiger partial charge in [-0.15, -0.1) is 0 Å². The highest BCUT2D eigenvalue weighted by Gasteiger charge is 2.44. The molecule has 0 radical (unpaired) electrons. The fraction of sp³-hybridized carbons (Fsp3) is 0.625. The summed E-state index contributed by atoms with van der Waals surface area (Å²) in [4.78, 5) is 0. The van der Waals surface area contributed by atoms with Crippen LogP contribution in [0.1, 0.15) is 45.4 Å². The number of unbranched alkanes of at least 4 members (excludes halogenated alkanes) is 1. The third-order valence-corrected chi connectivity index (χ3v) is 4.09. The van der Waals surface area contributed by atoms with Gasteiger partial charge in [-0.2, -0.15) is 0 Å². The number of allylic oxidation sites excluding steroid dienone is 6. The van der Waals surface area contributed by atoms with Gasteiger partial charge in [0, 0.05) is 5.41 Å². The molecule has 1 saturated carbocycles. The van der Waals surface area contributed by atoms with E-state index < -0.39 is 0 Å². The van der Waals surface area contributed by atoms with E-state index in [9.17, 15) is 5.11 Å². The van der Waals surface area contributed by atoms with E-state index in [2.05, 4.69) is 43.4 Å². The molecule has 0 aromatic rings. The van der Waals surface area contributed by atoms with E-state index in [1.807, 2.05) is 0 Å². The number of hydrogen-bond donors (Lipinski definition) is 1. The first-order chi connectivity index (χ1) is 8.27. The van der Waals surface area contributed by atoms with Crippen LogP contribution in [0.3, 0.4) is 0 Å². The van der Waals surface area contributed by atoms with Crippen LogP contribution in [0.2, 0.25) is 0 Å². The van der Waals surface area contributed by atoms with Gasteiger partial charge in [-0.05, 0) is 44.4 Å². The predicted molar refractivity (Wildman–Crippen MR) is 72.7 cm³/mol. The summed E-state index contributed by atoms with van der Waals surface area (Å²) in [5, 5.41) is 9.79. The van der Waals surface area contributed by atoms with Gasteiger partial charge in [-0.25, -0.2) is 0 Å². The molecule has 3 unspecified atom stereocenters. The van der Waals surface area contributed by atoms with E-state index in [0.717, 1.165) is 38.5 Å². The van der Waals surface area contributed by atoms with Gasteiger partial charge in [0.25, 0.3) is 0 Å². The number of aliphatic hydroxyl groups excluding tert-OH is 1. The quantitative estimate of drug-likeness (QED) is 0.561. The fourth-order valence-corrected chi connectivity index (χ4v) is 3.22. The van der Waals surface area contributed by atoms with Gasteiger partial charge in [0.15, 0.2) is 0 Å². The Hall–Kier alpha value is -0.820. The molecule has 17 heavy (non-hydrogen) atoms. The molecule has 0 spiro atoms. The highest BCUT2D eigenvalue weighted by Crippen LogP contribution is 2.51. The third-order valence-electron chi connectivity index (χ3n) is 4.09. The van der Waals surface area contributed by atoms with Gasteiger partial charge >= 0.3 is 0 Å². The van der Waals surface area contributed by atoms with Gasteiger partial charge in [0.2, 0.25) is 0 Å². The van der Waals surface area contributed by atoms with Gasteiger partial charge in [0.1, 0.15) is 0 Å². The van der Waals surface area contributed by atoms with Crippen LogP contribution in [0.5, 0.6) is 0 Å². The molecule has 1 heteroatoms. The Labute approximate surface area is 105 Å². The van der Waals surface area contributed by atoms with E-state index in [1.165, 1.54) is 0 Å². The van der Waals surface area contributed by atoms with Crippen molar-refractivity contribution >= 4 is 0 Å². The molecule has 2 rings (SSSR count). The molecule has 0 aliphatic heterocycles. The monoisotopic (exact) mass is 232 g/mol. The lowest BCUT2D eigenvalue weighted by Crippen LogP contribution is -2.16. The molecule has 0 amide bonds. The van der Waals surface area contributed by atoms with E-state index in [4.69, 9.17) is 0 Å². The molecule has 3 atom stereocenters. The second-order valence-electron chi connectivity index (χ2n) is 5.40. The summed E-state index contributed by atoms with van der Waals surface area (Å²) in [5.74, 6) is 0.653. The molecular weight excluding hydrogens is 208 g/mol. The van der Waals surface area contributed by atoms with Crippen LogP contribution in [0.15, 0.2) is 36.5 Å². The maximum absolute atomic E-state index is 9.79. The molecule has 0 aromatic heterocycles. The van der Waals surface area contributed by atoms with Gasteiger partial charge < -0.3 is 5.11 Å². The molecule has 0 saturated heterocycles. The van der Waals surface area contributed by atoms with E-state index in [1.54, 1.807) is 0 Å². The average Bonchev–Trinajstić information content (AvgIpc) is 2.79. The van der Waals surface area contributed by atoms with Crippen LogP contribution in [0.4, 0.5) is 0 Å². The van der Waals surface area contributed by atoms with Crippen molar-refractivity contribution in [3.63, 3.8) is 0 Å². The first-order valence-electron chi connectivity index (χ1n) is 6.95. The summed E-state index contributed by atoms with van der Waals surface area (Å²) in [6, 6.07) is 0. The number of rotatable bonds is 5. The Morgan fingerprint density at radius 2 is 2.12 bits per heavy atom. The van der Waals surface area contributed by atoms with Crippen molar-refractivity contribution in [3.8, 4) is 0 Å². The minimum Gasteiger partial charge on any atom is -0.393 e. The molecule has 1 fully saturated rings. The Morgan fingerprint density at radius 1 is 1.29 bits per heavy atom. The van der Waals surface area contributed by atoms with Crippen molar-refractivity contribution in [2.24, 2.45) is 11.3 Å². The minimum absolute atomic E-state index is 0.0883. The lowest BCUT2D eigenvalue weighted by molar-refractivity contribution is 0.173. The first-order valence-corrected chi connectivity index (χ1v) is 6.95. The van der Waals surface area contributed by atoms with Crippen molar-refractivity contribution in [2.45, 2.75) is 51.6 Å². The second-order valence-corrected chi connectivity index (χ2v) is 5.40. The molecular formula is C16H24O. The van der Waals surface area contributed by atoms with E-state index in [0.29, 0.717) is 5.92 Å². The summed E-state index contributed by atoms with van der Waals surface area (Å²) in [6.45, 7) is 2.17. The Morgan fingerprint density at radius 3 is 2.94 bits per heavy atom. The highest BCUT2D eigenvalue weighted by atomic mass is 16.3. The second kappa shape index (κ2) is 5.68. The number of aliphatic hydroxyl groups is 1. The van der Waals surface area contributed by atoms with Crippen molar-refractivity contribution in [1.82, 2.24) is 0 Å².